The van der Waals surface area contributed by atoms with Crippen LogP contribution in [0.15, 0.2) is 35.1 Å². The molecule has 5 atom stereocenters. The smallest absolute Gasteiger partial charge is 0.251 e. The number of rotatable bonds is 19. The lowest BCUT2D eigenvalue weighted by molar-refractivity contribution is -0.118. The van der Waals surface area contributed by atoms with Gasteiger partial charge in [0.05, 0.1) is 12.7 Å². The molecule has 5 N–H and O–H groups in total. The quantitative estimate of drug-likeness (QED) is 0.130. The van der Waals surface area contributed by atoms with Crippen LogP contribution >= 0.6 is 0 Å². The number of unbranched alkanes of at least 4 members (excludes halogenated alkanes) is 3. The van der Waals surface area contributed by atoms with Crippen molar-refractivity contribution in [2.24, 2.45) is 17.1 Å². The summed E-state index contributed by atoms with van der Waals surface area (Å²) in [7, 11) is 1.63. The molecule has 39 heavy (non-hydrogen) atoms. The minimum absolute atomic E-state index is 0.0792. The summed E-state index contributed by atoms with van der Waals surface area (Å²) in [5.74, 6) is 0.841. The van der Waals surface area contributed by atoms with Crippen LogP contribution in [0.2, 0.25) is 0 Å². The van der Waals surface area contributed by atoms with Crippen molar-refractivity contribution in [3.05, 3.63) is 35.1 Å². The Labute approximate surface area is 238 Å². The Kier molecular flexibility index (Phi) is 16.7. The highest BCUT2D eigenvalue weighted by molar-refractivity contribution is 5.95. The first-order valence-corrected chi connectivity index (χ1v) is 15.4. The maximum atomic E-state index is 15.0. The van der Waals surface area contributed by atoms with Crippen LogP contribution in [-0.4, -0.2) is 37.7 Å². The first kappa shape index (κ1) is 35.2. The van der Waals surface area contributed by atoms with Gasteiger partial charge in [-0.15, -0.1) is 0 Å². The van der Waals surface area contributed by atoms with Gasteiger partial charge in [-0.25, -0.2) is 4.39 Å². The maximum Gasteiger partial charge on any atom is 0.251 e. The molecule has 6 nitrogen and oxygen atoms in total. The Morgan fingerprint density at radius 1 is 1.21 bits per heavy atom. The second kappa shape index (κ2) is 18.5. The van der Waals surface area contributed by atoms with E-state index in [1.54, 1.807) is 21.0 Å². The van der Waals surface area contributed by atoms with E-state index in [1.807, 2.05) is 6.08 Å². The van der Waals surface area contributed by atoms with Crippen LogP contribution in [0, 0.1) is 11.3 Å². The number of methoxy groups -OCH3 is 1. The SMILES string of the molecule is CCCCC1NCC=C(OC)C1NC(=O)/C(=C(/C)N/C=C(/F)CCC(C)(CCCC)C(C)CCCC)C(C)N. The van der Waals surface area contributed by atoms with Gasteiger partial charge in [0.15, 0.2) is 0 Å². The van der Waals surface area contributed by atoms with E-state index in [1.165, 1.54) is 31.9 Å². The number of hydrogen-bond donors (Lipinski definition) is 4. The van der Waals surface area contributed by atoms with E-state index in [2.05, 4.69) is 50.6 Å². The summed E-state index contributed by atoms with van der Waals surface area (Å²) in [5.41, 5.74) is 7.32. The minimum atomic E-state index is -0.522. The summed E-state index contributed by atoms with van der Waals surface area (Å²) < 4.78 is 20.6. The van der Waals surface area contributed by atoms with E-state index in [0.717, 1.165) is 44.3 Å². The van der Waals surface area contributed by atoms with E-state index >= 15 is 4.39 Å². The van der Waals surface area contributed by atoms with Gasteiger partial charge in [-0.2, -0.15) is 0 Å². The van der Waals surface area contributed by atoms with Crippen molar-refractivity contribution in [1.29, 1.82) is 0 Å². The first-order chi connectivity index (χ1) is 18.5. The number of halogens is 1. The van der Waals surface area contributed by atoms with Crippen molar-refractivity contribution in [2.45, 2.75) is 137 Å². The molecule has 1 aliphatic rings. The molecule has 0 radical (unpaired) electrons. The molecule has 0 aliphatic carbocycles. The number of nitrogens with one attached hydrogen (secondary N) is 3. The van der Waals surface area contributed by atoms with Crippen LogP contribution in [0.1, 0.15) is 119 Å². The maximum absolute atomic E-state index is 15.0. The van der Waals surface area contributed by atoms with Crippen molar-refractivity contribution < 1.29 is 13.9 Å². The summed E-state index contributed by atoms with van der Waals surface area (Å²) in [6.45, 7) is 15.5. The summed E-state index contributed by atoms with van der Waals surface area (Å²) in [4.78, 5) is 13.4. The van der Waals surface area contributed by atoms with E-state index in [0.29, 0.717) is 30.2 Å². The highest BCUT2D eigenvalue weighted by Gasteiger charge is 2.32. The van der Waals surface area contributed by atoms with Gasteiger partial charge in [0.2, 0.25) is 0 Å². The van der Waals surface area contributed by atoms with Crippen molar-refractivity contribution in [3.63, 3.8) is 0 Å². The zero-order valence-corrected chi connectivity index (χ0v) is 26.2. The Bertz CT molecular complexity index is 823. The van der Waals surface area contributed by atoms with Crippen molar-refractivity contribution in [2.75, 3.05) is 13.7 Å². The molecular weight excluding hydrogens is 491 g/mol. The molecule has 0 aromatic rings. The summed E-state index contributed by atoms with van der Waals surface area (Å²) in [6, 6.07) is -0.728. The fourth-order valence-corrected chi connectivity index (χ4v) is 5.56. The summed E-state index contributed by atoms with van der Waals surface area (Å²) >= 11 is 0. The number of ether oxygens (including phenoxy) is 1. The molecule has 1 amide bonds. The molecule has 0 spiro atoms. The molecule has 0 fully saturated rings. The molecule has 0 saturated carbocycles. The van der Waals surface area contributed by atoms with Gasteiger partial charge in [0, 0.05) is 36.9 Å². The third-order valence-electron chi connectivity index (χ3n) is 8.55. The van der Waals surface area contributed by atoms with E-state index < -0.39 is 6.04 Å². The first-order valence-electron chi connectivity index (χ1n) is 15.4. The monoisotopic (exact) mass is 550 g/mol. The molecule has 1 heterocycles. The number of amides is 1. The highest BCUT2D eigenvalue weighted by Crippen LogP contribution is 2.41. The second-order valence-corrected chi connectivity index (χ2v) is 11.8. The van der Waals surface area contributed by atoms with Gasteiger partial charge in [-0.05, 0) is 50.5 Å². The fourth-order valence-electron chi connectivity index (χ4n) is 5.56. The number of hydrogen-bond acceptors (Lipinski definition) is 5. The fraction of sp³-hybridized carbons (Fsp3) is 0.781. The van der Waals surface area contributed by atoms with Crippen LogP contribution in [-0.2, 0) is 9.53 Å². The molecule has 0 bridgehead atoms. The summed E-state index contributed by atoms with van der Waals surface area (Å²) in [5, 5.41) is 9.65. The van der Waals surface area contributed by atoms with Crippen molar-refractivity contribution in [3.8, 4) is 0 Å². The topological polar surface area (TPSA) is 88.4 Å². The standard InChI is InChI=1S/C32H59FN4O2/c1-9-12-15-23(4)32(7,19-14-11-3)20-17-26(33)22-36-25(6)29(24(5)34)31(38)37-30-27(16-13-10-2)35-21-18-28(30)39-8/h18,22-24,27,30,35-36H,9-17,19-21,34H2,1-8H3,(H,37,38)/b26-22+,29-25-. The third-order valence-corrected chi connectivity index (χ3v) is 8.55. The van der Waals surface area contributed by atoms with Gasteiger partial charge in [0.1, 0.15) is 17.6 Å². The normalized spacial score (nSPS) is 21.8. The number of carbonyl (C=O) groups is 1. The van der Waals surface area contributed by atoms with Gasteiger partial charge in [-0.3, -0.25) is 4.79 Å². The molecule has 1 rings (SSSR count). The van der Waals surface area contributed by atoms with Crippen LogP contribution in [0.25, 0.3) is 0 Å². The predicted octanol–water partition coefficient (Wildman–Crippen LogP) is 6.99. The lowest BCUT2D eigenvalue weighted by atomic mass is 9.69. The van der Waals surface area contributed by atoms with Crippen molar-refractivity contribution in [1.82, 2.24) is 16.0 Å². The summed E-state index contributed by atoms with van der Waals surface area (Å²) in [6.07, 6.45) is 14.6. The minimum Gasteiger partial charge on any atom is -0.499 e. The Balaban J connectivity index is 2.98. The van der Waals surface area contributed by atoms with E-state index in [-0.39, 0.29) is 29.2 Å². The highest BCUT2D eigenvalue weighted by atomic mass is 19.1. The van der Waals surface area contributed by atoms with E-state index in [4.69, 9.17) is 10.5 Å². The lowest BCUT2D eigenvalue weighted by Crippen LogP contribution is -2.55. The third kappa shape index (κ3) is 11.6. The van der Waals surface area contributed by atoms with Crippen LogP contribution in [0.4, 0.5) is 4.39 Å². The lowest BCUT2D eigenvalue weighted by Gasteiger charge is -2.36. The molecular formula is C32H59FN4O2. The molecule has 1 aliphatic heterocycles. The van der Waals surface area contributed by atoms with E-state index in [9.17, 15) is 4.79 Å². The second-order valence-electron chi connectivity index (χ2n) is 11.8. The zero-order chi connectivity index (χ0) is 29.4. The number of nitrogens with two attached hydrogens (primary N) is 1. The van der Waals surface area contributed by atoms with Gasteiger partial charge >= 0.3 is 0 Å². The van der Waals surface area contributed by atoms with Crippen molar-refractivity contribution >= 4 is 5.91 Å². The Hall–Kier alpha value is -1.86. The average Bonchev–Trinajstić information content (AvgIpc) is 2.91. The largest absolute Gasteiger partial charge is 0.499 e. The van der Waals surface area contributed by atoms with Gasteiger partial charge < -0.3 is 26.4 Å². The molecule has 7 heteroatoms. The van der Waals surface area contributed by atoms with Gasteiger partial charge in [0.25, 0.3) is 5.91 Å². The average molecular weight is 551 g/mol. The number of carbonyl (C=O) groups excluding carboxylic acids is 1. The Morgan fingerprint density at radius 3 is 2.46 bits per heavy atom. The molecule has 5 unspecified atom stereocenters. The molecule has 0 saturated heterocycles. The van der Waals surface area contributed by atoms with Crippen LogP contribution in [0.5, 0.6) is 0 Å². The molecule has 0 aromatic heterocycles. The zero-order valence-electron chi connectivity index (χ0n) is 26.2. The molecule has 0 aromatic carbocycles. The van der Waals surface area contributed by atoms with Crippen LogP contribution in [0.3, 0.4) is 0 Å². The molecule has 226 valence electrons. The predicted molar refractivity (Wildman–Crippen MR) is 163 cm³/mol. The Morgan fingerprint density at radius 2 is 1.87 bits per heavy atom. The van der Waals surface area contributed by atoms with Gasteiger partial charge in [-0.1, -0.05) is 79.6 Å². The van der Waals surface area contributed by atoms with Crippen LogP contribution < -0.4 is 21.7 Å². The number of allylic oxidation sites excluding steroid dienone is 2.